The number of fused-ring (bicyclic) bond motifs is 1. The number of ether oxygens (including phenoxy) is 1. The van der Waals surface area contributed by atoms with Crippen molar-refractivity contribution < 1.29 is 38.6 Å². The Labute approximate surface area is 205 Å². The largest absolute Gasteiger partial charge is 0.495 e. The highest BCUT2D eigenvalue weighted by molar-refractivity contribution is 6.32. The molecule has 2 aliphatic heterocycles. The quantitative estimate of drug-likeness (QED) is 0.417. The monoisotopic (exact) mass is 508 g/mol. The summed E-state index contributed by atoms with van der Waals surface area (Å²) in [6.07, 6.45) is 0.257. The maximum atomic E-state index is 13.4. The molecule has 2 saturated heterocycles. The number of methoxy groups -OCH3 is 1. The van der Waals surface area contributed by atoms with Gasteiger partial charge in [0.05, 0.1) is 24.6 Å². The van der Waals surface area contributed by atoms with Gasteiger partial charge in [0, 0.05) is 18.5 Å². The zero-order valence-corrected chi connectivity index (χ0v) is 19.6. The number of carbonyl (C=O) groups excluding carboxylic acids is 5. The Bertz CT molecular complexity index is 1050. The number of carboxylic acid groups (broad SMARTS) is 1. The Kier molecular flexibility index (Phi) is 8.28. The molecular weight excluding hydrogens is 484 g/mol. The second kappa shape index (κ2) is 11.2. The lowest BCUT2D eigenvalue weighted by Crippen LogP contribution is -2.64. The highest BCUT2D eigenvalue weighted by Gasteiger charge is 2.45. The van der Waals surface area contributed by atoms with E-state index in [1.165, 1.54) is 30.3 Å². The Morgan fingerprint density at radius 1 is 1.29 bits per heavy atom. The number of hydrogen-bond acceptors (Lipinski definition) is 7. The molecule has 2 aliphatic rings. The number of aliphatic carboxylic acids is 1. The minimum atomic E-state index is -1.29. The van der Waals surface area contributed by atoms with Crippen molar-refractivity contribution in [3.05, 3.63) is 28.8 Å². The topological polar surface area (TPSA) is 162 Å². The first kappa shape index (κ1) is 25.9. The molecule has 0 bridgehead atoms. The summed E-state index contributed by atoms with van der Waals surface area (Å²) in [5.74, 6) is -3.33. The maximum Gasteiger partial charge on any atom is 0.305 e. The zero-order valence-electron chi connectivity index (χ0n) is 18.9. The molecule has 1 aromatic rings. The first-order valence-electron chi connectivity index (χ1n) is 10.9. The van der Waals surface area contributed by atoms with E-state index < -0.39 is 54.1 Å². The van der Waals surface area contributed by atoms with Crippen molar-refractivity contribution >= 4 is 47.5 Å². The molecular formula is C22H25ClN4O8. The SMILES string of the molecule is COc1ccc(C(=O)N[C@H]2CCC(=O)N3CCC[C@@H](C(=O)N[C@H](C=O)CC(=O)O)N3C2=O)cc1Cl. The smallest absolute Gasteiger partial charge is 0.305 e. The van der Waals surface area contributed by atoms with E-state index >= 15 is 0 Å². The average molecular weight is 509 g/mol. The van der Waals surface area contributed by atoms with E-state index in [9.17, 15) is 28.8 Å². The van der Waals surface area contributed by atoms with Crippen LogP contribution in [0.15, 0.2) is 18.2 Å². The highest BCUT2D eigenvalue weighted by Crippen LogP contribution is 2.27. The number of carboxylic acids is 1. The predicted molar refractivity (Wildman–Crippen MR) is 120 cm³/mol. The molecule has 0 unspecified atom stereocenters. The van der Waals surface area contributed by atoms with E-state index in [0.717, 1.165) is 5.01 Å². The molecule has 3 N–H and O–H groups in total. The summed E-state index contributed by atoms with van der Waals surface area (Å²) in [7, 11) is 1.43. The van der Waals surface area contributed by atoms with Gasteiger partial charge in [0.25, 0.3) is 11.8 Å². The summed E-state index contributed by atoms with van der Waals surface area (Å²) < 4.78 is 5.07. The number of nitrogens with zero attached hydrogens (tertiary/aromatic N) is 2. The van der Waals surface area contributed by atoms with Crippen LogP contribution in [0.25, 0.3) is 0 Å². The van der Waals surface area contributed by atoms with Crippen LogP contribution in [0.2, 0.25) is 5.02 Å². The van der Waals surface area contributed by atoms with E-state index in [-0.39, 0.29) is 36.4 Å². The van der Waals surface area contributed by atoms with Crippen molar-refractivity contribution in [2.75, 3.05) is 13.7 Å². The van der Waals surface area contributed by atoms with Gasteiger partial charge in [-0.05, 0) is 37.5 Å². The first-order chi connectivity index (χ1) is 16.7. The number of carbonyl (C=O) groups is 6. The molecule has 0 aromatic heterocycles. The van der Waals surface area contributed by atoms with Crippen LogP contribution in [0.4, 0.5) is 0 Å². The fourth-order valence-corrected chi connectivity index (χ4v) is 4.31. The molecule has 0 aliphatic carbocycles. The Balaban J connectivity index is 1.81. The van der Waals surface area contributed by atoms with Gasteiger partial charge in [-0.3, -0.25) is 29.0 Å². The summed E-state index contributed by atoms with van der Waals surface area (Å²) in [5, 5.41) is 16.2. The number of halogens is 1. The van der Waals surface area contributed by atoms with E-state index in [4.69, 9.17) is 21.4 Å². The molecule has 13 heteroatoms. The Morgan fingerprint density at radius 3 is 2.66 bits per heavy atom. The van der Waals surface area contributed by atoms with Gasteiger partial charge in [-0.1, -0.05) is 11.6 Å². The van der Waals surface area contributed by atoms with Gasteiger partial charge in [0.2, 0.25) is 11.8 Å². The number of benzene rings is 1. The zero-order chi connectivity index (χ0) is 25.7. The summed E-state index contributed by atoms with van der Waals surface area (Å²) in [6.45, 7) is 0.204. The van der Waals surface area contributed by atoms with E-state index in [1.54, 1.807) is 0 Å². The molecule has 188 valence electrons. The first-order valence-corrected chi connectivity index (χ1v) is 11.3. The lowest BCUT2D eigenvalue weighted by Gasteiger charge is -2.43. The van der Waals surface area contributed by atoms with Crippen molar-refractivity contribution in [3.63, 3.8) is 0 Å². The summed E-state index contributed by atoms with van der Waals surface area (Å²) in [6, 6.07) is 0.813. The van der Waals surface area contributed by atoms with Crippen LogP contribution in [-0.4, -0.2) is 82.8 Å². The van der Waals surface area contributed by atoms with Crippen molar-refractivity contribution in [1.82, 2.24) is 20.7 Å². The second-order valence-electron chi connectivity index (χ2n) is 8.12. The number of hydrazine groups is 1. The number of rotatable bonds is 8. The molecule has 3 rings (SSSR count). The summed E-state index contributed by atoms with van der Waals surface area (Å²) >= 11 is 6.08. The highest BCUT2D eigenvalue weighted by atomic mass is 35.5. The number of hydrogen-bond donors (Lipinski definition) is 3. The van der Waals surface area contributed by atoms with Crippen molar-refractivity contribution in [3.8, 4) is 5.75 Å². The van der Waals surface area contributed by atoms with Crippen molar-refractivity contribution in [2.24, 2.45) is 0 Å². The minimum Gasteiger partial charge on any atom is -0.495 e. The molecule has 0 saturated carbocycles. The van der Waals surface area contributed by atoms with Gasteiger partial charge in [-0.2, -0.15) is 0 Å². The third-order valence-corrected chi connectivity index (χ3v) is 6.07. The summed E-state index contributed by atoms with van der Waals surface area (Å²) in [4.78, 5) is 74.0. The molecule has 2 fully saturated rings. The molecule has 0 spiro atoms. The molecule has 35 heavy (non-hydrogen) atoms. The van der Waals surface area contributed by atoms with Gasteiger partial charge in [-0.25, -0.2) is 5.01 Å². The molecule has 2 heterocycles. The van der Waals surface area contributed by atoms with Gasteiger partial charge < -0.3 is 25.3 Å². The number of aldehydes is 1. The van der Waals surface area contributed by atoms with Gasteiger partial charge in [0.1, 0.15) is 24.1 Å². The molecule has 4 amide bonds. The molecule has 12 nitrogen and oxygen atoms in total. The lowest BCUT2D eigenvalue weighted by atomic mass is 10.0. The van der Waals surface area contributed by atoms with E-state index in [0.29, 0.717) is 18.5 Å². The van der Waals surface area contributed by atoms with Crippen LogP contribution in [0.5, 0.6) is 5.75 Å². The van der Waals surface area contributed by atoms with Crippen LogP contribution in [0, 0.1) is 0 Å². The van der Waals surface area contributed by atoms with Crippen molar-refractivity contribution in [1.29, 1.82) is 0 Å². The van der Waals surface area contributed by atoms with Crippen LogP contribution < -0.4 is 15.4 Å². The Hall–Kier alpha value is -3.67. The molecule has 0 radical (unpaired) electrons. The minimum absolute atomic E-state index is 0.0185. The second-order valence-corrected chi connectivity index (χ2v) is 8.53. The lowest BCUT2D eigenvalue weighted by molar-refractivity contribution is -0.176. The molecule has 1 aromatic carbocycles. The van der Waals surface area contributed by atoms with Gasteiger partial charge >= 0.3 is 5.97 Å². The van der Waals surface area contributed by atoms with E-state index in [1.807, 2.05) is 0 Å². The van der Waals surface area contributed by atoms with Crippen LogP contribution in [0.1, 0.15) is 42.5 Å². The standard InChI is InChI=1S/C22H25ClN4O8/c1-35-17-6-4-12(9-14(17)23)20(32)25-15-5-7-18(29)26-8-2-3-16(27(26)22(15)34)21(33)24-13(11-28)10-19(30)31/h4,6,9,11,13,15-16H,2-3,5,7-8,10H2,1H3,(H,24,33)(H,25,32)(H,30,31)/t13-,15-,16-/m0/s1. The number of amides is 4. The fourth-order valence-electron chi connectivity index (χ4n) is 4.06. The maximum absolute atomic E-state index is 13.4. The third kappa shape index (κ3) is 5.88. The number of nitrogens with one attached hydrogen (secondary N) is 2. The van der Waals surface area contributed by atoms with Gasteiger partial charge in [0.15, 0.2) is 0 Å². The fraction of sp³-hybridized carbons (Fsp3) is 0.455. The van der Waals surface area contributed by atoms with Crippen LogP contribution in [-0.2, 0) is 24.0 Å². The van der Waals surface area contributed by atoms with E-state index in [2.05, 4.69) is 10.6 Å². The van der Waals surface area contributed by atoms with Crippen LogP contribution >= 0.6 is 11.6 Å². The Morgan fingerprint density at radius 2 is 2.03 bits per heavy atom. The summed E-state index contributed by atoms with van der Waals surface area (Å²) in [5.41, 5.74) is 0.173. The molecule has 3 atom stereocenters. The van der Waals surface area contributed by atoms with Crippen molar-refractivity contribution in [2.45, 2.75) is 50.2 Å². The third-order valence-electron chi connectivity index (χ3n) is 5.77. The van der Waals surface area contributed by atoms with Gasteiger partial charge in [-0.15, -0.1) is 0 Å². The average Bonchev–Trinajstić information content (AvgIpc) is 2.95. The normalized spacial score (nSPS) is 20.9. The van der Waals surface area contributed by atoms with Crippen LogP contribution in [0.3, 0.4) is 0 Å². The predicted octanol–water partition coefficient (Wildman–Crippen LogP) is 0.134.